The van der Waals surface area contributed by atoms with Crippen LogP contribution in [0.5, 0.6) is 0 Å². The molecule has 3 saturated carbocycles. The molecule has 0 aromatic rings. The molecular weight excluding hydrogens is 434 g/mol. The number of carbonyl (C=O) groups excluding carboxylic acids is 1. The molecule has 0 aromatic carbocycles. The minimum atomic E-state index is -0.545. The monoisotopic (exact) mass is 487 g/mol. The SMILES string of the molecule is CCOC(=O)CCN[C@H]1CC[C@@]2(C)C(=CCC3C2CC[C@@]2(C)C3CC[C@@H]2C(C)CCC(C)(C)O)C1. The molecule has 2 N–H and O–H groups in total. The van der Waals surface area contributed by atoms with E-state index in [1.165, 1.54) is 44.9 Å². The number of aliphatic hydroxyl groups is 1. The summed E-state index contributed by atoms with van der Waals surface area (Å²) >= 11 is 0. The van der Waals surface area contributed by atoms with Crippen molar-refractivity contribution in [3.63, 3.8) is 0 Å². The van der Waals surface area contributed by atoms with E-state index in [0.717, 1.165) is 49.5 Å². The topological polar surface area (TPSA) is 58.6 Å². The van der Waals surface area contributed by atoms with E-state index in [4.69, 9.17) is 4.74 Å². The van der Waals surface area contributed by atoms with E-state index in [1.807, 2.05) is 20.8 Å². The number of allylic oxidation sites excluding steroid dienone is 1. The highest BCUT2D eigenvalue weighted by Crippen LogP contribution is 2.67. The van der Waals surface area contributed by atoms with Gasteiger partial charge in [-0.05, 0) is 125 Å². The van der Waals surface area contributed by atoms with E-state index in [0.29, 0.717) is 35.8 Å². The van der Waals surface area contributed by atoms with Crippen LogP contribution in [0.4, 0.5) is 0 Å². The number of esters is 1. The first-order valence-corrected chi connectivity index (χ1v) is 14.8. The molecule has 0 bridgehead atoms. The van der Waals surface area contributed by atoms with Gasteiger partial charge >= 0.3 is 5.97 Å². The lowest BCUT2D eigenvalue weighted by molar-refractivity contribution is -0.143. The number of carbonyl (C=O) groups is 1. The van der Waals surface area contributed by atoms with Crippen molar-refractivity contribution >= 4 is 5.97 Å². The van der Waals surface area contributed by atoms with Crippen molar-refractivity contribution in [1.29, 1.82) is 0 Å². The summed E-state index contributed by atoms with van der Waals surface area (Å²) in [5, 5.41) is 13.9. The van der Waals surface area contributed by atoms with Gasteiger partial charge in [-0.15, -0.1) is 0 Å². The van der Waals surface area contributed by atoms with E-state index < -0.39 is 5.60 Å². The van der Waals surface area contributed by atoms with Crippen molar-refractivity contribution < 1.29 is 14.6 Å². The summed E-state index contributed by atoms with van der Waals surface area (Å²) in [7, 11) is 0. The summed E-state index contributed by atoms with van der Waals surface area (Å²) in [5.74, 6) is 3.98. The van der Waals surface area contributed by atoms with Crippen LogP contribution < -0.4 is 5.32 Å². The van der Waals surface area contributed by atoms with Crippen LogP contribution in [0.1, 0.15) is 112 Å². The maximum atomic E-state index is 11.7. The van der Waals surface area contributed by atoms with E-state index in [2.05, 4.69) is 32.2 Å². The lowest BCUT2D eigenvalue weighted by Crippen LogP contribution is -2.51. The largest absolute Gasteiger partial charge is 0.466 e. The third-order valence-electron chi connectivity index (χ3n) is 11.1. The maximum absolute atomic E-state index is 11.7. The lowest BCUT2D eigenvalue weighted by atomic mass is 9.47. The van der Waals surface area contributed by atoms with Crippen molar-refractivity contribution in [3.05, 3.63) is 11.6 Å². The molecule has 0 aromatic heterocycles. The molecule has 4 nitrogen and oxygen atoms in total. The van der Waals surface area contributed by atoms with Gasteiger partial charge < -0.3 is 15.2 Å². The highest BCUT2D eigenvalue weighted by Gasteiger charge is 2.59. The molecule has 4 aliphatic carbocycles. The molecule has 4 aliphatic rings. The molecule has 4 rings (SSSR count). The molecule has 0 radical (unpaired) electrons. The smallest absolute Gasteiger partial charge is 0.307 e. The van der Waals surface area contributed by atoms with Crippen LogP contribution in [0.3, 0.4) is 0 Å². The molecule has 4 unspecified atom stereocenters. The molecule has 35 heavy (non-hydrogen) atoms. The van der Waals surface area contributed by atoms with Crippen LogP contribution in [-0.4, -0.2) is 35.9 Å². The minimum Gasteiger partial charge on any atom is -0.466 e. The fourth-order valence-electron chi connectivity index (χ4n) is 9.20. The van der Waals surface area contributed by atoms with E-state index in [-0.39, 0.29) is 5.97 Å². The minimum absolute atomic E-state index is 0.0881. The van der Waals surface area contributed by atoms with Crippen LogP contribution in [0.2, 0.25) is 0 Å². The van der Waals surface area contributed by atoms with Crippen molar-refractivity contribution in [2.24, 2.45) is 40.4 Å². The molecule has 0 spiro atoms. The van der Waals surface area contributed by atoms with Gasteiger partial charge in [0.1, 0.15) is 0 Å². The van der Waals surface area contributed by atoms with Gasteiger partial charge in [-0.25, -0.2) is 0 Å². The second-order valence-corrected chi connectivity index (χ2v) is 13.8. The second kappa shape index (κ2) is 10.5. The maximum Gasteiger partial charge on any atom is 0.307 e. The zero-order valence-electron chi connectivity index (χ0n) is 23.5. The number of fused-ring (bicyclic) bond motifs is 5. The zero-order valence-corrected chi connectivity index (χ0v) is 23.5. The van der Waals surface area contributed by atoms with Gasteiger partial charge in [0.25, 0.3) is 0 Å². The standard InChI is InChI=1S/C31H53NO3/c1-7-35-28(33)15-19-32-23-13-17-30(5)22(20-23)8-9-24-26-11-10-25(21(2)12-16-29(3,4)34)31(26,6)18-14-27(24)30/h8,21,23-27,32,34H,7,9-20H2,1-6H3/t21?,23-,24?,25+,26?,27?,30-,31+/m0/s1. The fraction of sp³-hybridized carbons (Fsp3) is 0.903. The second-order valence-electron chi connectivity index (χ2n) is 13.8. The Morgan fingerprint density at radius 1 is 1.20 bits per heavy atom. The predicted octanol–water partition coefficient (Wildman–Crippen LogP) is 6.66. The lowest BCUT2D eigenvalue weighted by Gasteiger charge is -2.58. The third kappa shape index (κ3) is 5.54. The zero-order chi connectivity index (χ0) is 25.4. The Morgan fingerprint density at radius 2 is 1.97 bits per heavy atom. The summed E-state index contributed by atoms with van der Waals surface area (Å²) in [6, 6.07) is 0.502. The summed E-state index contributed by atoms with van der Waals surface area (Å²) < 4.78 is 5.08. The van der Waals surface area contributed by atoms with Crippen molar-refractivity contribution in [3.8, 4) is 0 Å². The molecule has 0 aliphatic heterocycles. The first-order valence-electron chi connectivity index (χ1n) is 14.8. The first kappa shape index (κ1) is 27.2. The van der Waals surface area contributed by atoms with Gasteiger partial charge in [0.05, 0.1) is 18.6 Å². The van der Waals surface area contributed by atoms with Crippen LogP contribution >= 0.6 is 0 Å². The van der Waals surface area contributed by atoms with Crippen LogP contribution in [0, 0.1) is 40.4 Å². The van der Waals surface area contributed by atoms with Gasteiger partial charge in [-0.3, -0.25) is 4.79 Å². The van der Waals surface area contributed by atoms with Crippen molar-refractivity contribution in [1.82, 2.24) is 5.32 Å². The Bertz CT molecular complexity index is 785. The Balaban J connectivity index is 1.39. The quantitative estimate of drug-likeness (QED) is 0.282. The third-order valence-corrected chi connectivity index (χ3v) is 11.1. The summed E-state index contributed by atoms with van der Waals surface area (Å²) in [4.78, 5) is 11.7. The first-order chi connectivity index (χ1) is 16.5. The number of hydrogen-bond donors (Lipinski definition) is 2. The molecular formula is C31H53NO3. The Morgan fingerprint density at radius 3 is 2.69 bits per heavy atom. The summed E-state index contributed by atoms with van der Waals surface area (Å²) in [6.45, 7) is 14.7. The van der Waals surface area contributed by atoms with E-state index >= 15 is 0 Å². The fourth-order valence-corrected chi connectivity index (χ4v) is 9.20. The number of nitrogens with one attached hydrogen (secondary N) is 1. The molecule has 0 amide bonds. The van der Waals surface area contributed by atoms with Crippen LogP contribution in [-0.2, 0) is 9.53 Å². The average molecular weight is 488 g/mol. The number of hydrogen-bond acceptors (Lipinski definition) is 4. The molecule has 4 heteroatoms. The summed E-state index contributed by atoms with van der Waals surface area (Å²) in [6.07, 6.45) is 15.7. The Labute approximate surface area is 215 Å². The molecule has 200 valence electrons. The predicted molar refractivity (Wildman–Crippen MR) is 143 cm³/mol. The van der Waals surface area contributed by atoms with Gasteiger partial charge in [0.15, 0.2) is 0 Å². The number of rotatable bonds is 9. The number of ether oxygens (including phenoxy) is 1. The molecule has 0 heterocycles. The highest BCUT2D eigenvalue weighted by molar-refractivity contribution is 5.69. The Hall–Kier alpha value is -0.870. The Kier molecular flexibility index (Phi) is 8.14. The van der Waals surface area contributed by atoms with Gasteiger partial charge in [-0.1, -0.05) is 32.4 Å². The summed E-state index contributed by atoms with van der Waals surface area (Å²) in [5.41, 5.74) is 2.01. The normalized spacial score (nSPS) is 39.7. The van der Waals surface area contributed by atoms with Crippen LogP contribution in [0.15, 0.2) is 11.6 Å². The van der Waals surface area contributed by atoms with E-state index in [9.17, 15) is 9.90 Å². The van der Waals surface area contributed by atoms with Crippen molar-refractivity contribution in [2.75, 3.05) is 13.2 Å². The molecule has 3 fully saturated rings. The van der Waals surface area contributed by atoms with Crippen molar-refractivity contribution in [2.45, 2.75) is 124 Å². The molecule has 8 atom stereocenters. The van der Waals surface area contributed by atoms with Gasteiger partial charge in [0, 0.05) is 12.6 Å². The van der Waals surface area contributed by atoms with E-state index in [1.54, 1.807) is 5.57 Å². The molecule has 0 saturated heterocycles. The average Bonchev–Trinajstić information content (AvgIpc) is 3.14. The van der Waals surface area contributed by atoms with Gasteiger partial charge in [-0.2, -0.15) is 0 Å². The van der Waals surface area contributed by atoms with Crippen LogP contribution in [0.25, 0.3) is 0 Å². The highest BCUT2D eigenvalue weighted by atomic mass is 16.5. The van der Waals surface area contributed by atoms with Gasteiger partial charge in [0.2, 0.25) is 0 Å².